The molecule has 0 heteroatoms. The maximum atomic E-state index is 2.37. The summed E-state index contributed by atoms with van der Waals surface area (Å²) >= 11 is 0. The minimum atomic E-state index is 1.25. The fourth-order valence-corrected chi connectivity index (χ4v) is 6.94. The summed E-state index contributed by atoms with van der Waals surface area (Å²) in [7, 11) is 0. The zero-order chi connectivity index (χ0) is 26.2. The van der Waals surface area contributed by atoms with Crippen LogP contribution in [0.2, 0.25) is 0 Å². The van der Waals surface area contributed by atoms with Gasteiger partial charge in [0, 0.05) is 0 Å². The lowest BCUT2D eigenvalue weighted by atomic mass is 9.91. The second-order valence-electron chi connectivity index (χ2n) is 10.9. The van der Waals surface area contributed by atoms with Gasteiger partial charge < -0.3 is 0 Å². The number of rotatable bonds is 2. The fourth-order valence-electron chi connectivity index (χ4n) is 6.94. The van der Waals surface area contributed by atoms with Crippen molar-refractivity contribution in [1.29, 1.82) is 0 Å². The second kappa shape index (κ2) is 8.15. The van der Waals surface area contributed by atoms with Crippen LogP contribution in [0.25, 0.3) is 87.6 Å². The molecule has 9 rings (SSSR count). The molecular weight excluding hydrogens is 480 g/mol. The van der Waals surface area contributed by atoms with Gasteiger partial charge in [-0.25, -0.2) is 0 Å². The molecular formula is C40H24. The first kappa shape index (κ1) is 21.7. The van der Waals surface area contributed by atoms with Gasteiger partial charge in [0.1, 0.15) is 0 Å². The number of fused-ring (bicyclic) bond motifs is 7. The first-order valence-electron chi connectivity index (χ1n) is 13.9. The van der Waals surface area contributed by atoms with E-state index < -0.39 is 0 Å². The van der Waals surface area contributed by atoms with E-state index in [1.165, 1.54) is 87.6 Å². The lowest BCUT2D eigenvalue weighted by Crippen LogP contribution is -1.86. The minimum Gasteiger partial charge on any atom is -0.0616 e. The van der Waals surface area contributed by atoms with Crippen molar-refractivity contribution in [2.24, 2.45) is 0 Å². The van der Waals surface area contributed by atoms with E-state index in [9.17, 15) is 0 Å². The van der Waals surface area contributed by atoms with E-state index in [-0.39, 0.29) is 0 Å². The van der Waals surface area contributed by atoms with E-state index in [2.05, 4.69) is 146 Å². The highest BCUT2D eigenvalue weighted by Gasteiger charge is 2.22. The van der Waals surface area contributed by atoms with Crippen molar-refractivity contribution in [3.8, 4) is 44.5 Å². The molecule has 0 nitrogen and oxygen atoms in total. The summed E-state index contributed by atoms with van der Waals surface area (Å²) in [6.45, 7) is 0. The largest absolute Gasteiger partial charge is 0.0616 e. The zero-order valence-electron chi connectivity index (χ0n) is 21.9. The normalized spacial score (nSPS) is 12.0. The smallest absolute Gasteiger partial charge is 0.00201 e. The minimum absolute atomic E-state index is 1.25. The molecule has 8 aromatic rings. The lowest BCUT2D eigenvalue weighted by molar-refractivity contribution is 1.67. The zero-order valence-corrected chi connectivity index (χ0v) is 21.9. The SMILES string of the molecule is c1ccc2c(c1)-c1cccc3c(-c4ccc5ccc(-c6cc7ccccc7c7ccccc67)cc5c4)ccc-2c13. The molecule has 184 valence electrons. The van der Waals surface area contributed by atoms with Gasteiger partial charge in [0.25, 0.3) is 0 Å². The third-order valence-corrected chi connectivity index (χ3v) is 8.78. The Hall–Kier alpha value is -5.20. The van der Waals surface area contributed by atoms with Crippen LogP contribution in [0.15, 0.2) is 146 Å². The fraction of sp³-hybridized carbons (Fsp3) is 0. The van der Waals surface area contributed by atoms with Gasteiger partial charge in [0.15, 0.2) is 0 Å². The lowest BCUT2D eigenvalue weighted by Gasteiger charge is -2.13. The van der Waals surface area contributed by atoms with E-state index in [0.29, 0.717) is 0 Å². The summed E-state index contributed by atoms with van der Waals surface area (Å²) < 4.78 is 0. The van der Waals surface area contributed by atoms with Crippen molar-refractivity contribution in [2.45, 2.75) is 0 Å². The van der Waals surface area contributed by atoms with Gasteiger partial charge in [-0.1, -0.05) is 127 Å². The Kier molecular flexibility index (Phi) is 4.42. The Morgan fingerprint density at radius 3 is 1.62 bits per heavy atom. The predicted molar refractivity (Wildman–Crippen MR) is 172 cm³/mol. The maximum absolute atomic E-state index is 2.37. The number of hydrogen-bond donors (Lipinski definition) is 0. The van der Waals surface area contributed by atoms with Gasteiger partial charge in [-0.3, -0.25) is 0 Å². The van der Waals surface area contributed by atoms with Gasteiger partial charge in [0.05, 0.1) is 0 Å². The average molecular weight is 505 g/mol. The van der Waals surface area contributed by atoms with Gasteiger partial charge >= 0.3 is 0 Å². The van der Waals surface area contributed by atoms with E-state index in [1.54, 1.807) is 0 Å². The standard InChI is InChI=1S/C40H24/c1-2-9-30-26(8-1)24-39(35-13-6-3-10-32(30)35)28-19-17-25-16-18-27(22-29(25)23-28)31-20-21-38-34-12-5-4-11-33(34)37-15-7-14-36(31)40(37)38/h1-24H. The Balaban J connectivity index is 1.24. The molecule has 0 saturated heterocycles. The maximum Gasteiger partial charge on any atom is -0.00201 e. The van der Waals surface area contributed by atoms with Crippen LogP contribution in [0.1, 0.15) is 0 Å². The quantitative estimate of drug-likeness (QED) is 0.205. The summed E-state index contributed by atoms with van der Waals surface area (Å²) in [6.07, 6.45) is 0. The molecule has 0 unspecified atom stereocenters. The molecule has 0 saturated carbocycles. The summed E-state index contributed by atoms with van der Waals surface area (Å²) in [5.41, 5.74) is 10.4. The van der Waals surface area contributed by atoms with Crippen molar-refractivity contribution in [1.82, 2.24) is 0 Å². The molecule has 0 aromatic heterocycles. The first-order chi connectivity index (χ1) is 19.8. The third-order valence-electron chi connectivity index (χ3n) is 8.78. The molecule has 0 fully saturated rings. The Morgan fingerprint density at radius 1 is 0.250 bits per heavy atom. The molecule has 40 heavy (non-hydrogen) atoms. The number of hydrogen-bond acceptors (Lipinski definition) is 0. The summed E-state index contributed by atoms with van der Waals surface area (Å²) in [4.78, 5) is 0. The molecule has 0 bridgehead atoms. The van der Waals surface area contributed by atoms with Crippen molar-refractivity contribution in [3.63, 3.8) is 0 Å². The molecule has 0 atom stereocenters. The summed E-state index contributed by atoms with van der Waals surface area (Å²) in [6, 6.07) is 53.8. The number of benzene rings is 8. The Morgan fingerprint density at radius 2 is 0.825 bits per heavy atom. The highest BCUT2D eigenvalue weighted by Crippen LogP contribution is 2.49. The van der Waals surface area contributed by atoms with E-state index in [0.717, 1.165) is 0 Å². The van der Waals surface area contributed by atoms with E-state index >= 15 is 0 Å². The average Bonchev–Trinajstić information content (AvgIpc) is 3.35. The van der Waals surface area contributed by atoms with Crippen LogP contribution in [-0.4, -0.2) is 0 Å². The highest BCUT2D eigenvalue weighted by molar-refractivity contribution is 6.19. The topological polar surface area (TPSA) is 0 Å². The summed E-state index contributed by atoms with van der Waals surface area (Å²) in [5.74, 6) is 0. The molecule has 0 heterocycles. The summed E-state index contributed by atoms with van der Waals surface area (Å²) in [5, 5.41) is 10.4. The Labute approximate surface area is 232 Å². The van der Waals surface area contributed by atoms with Gasteiger partial charge in [-0.2, -0.15) is 0 Å². The van der Waals surface area contributed by atoms with Crippen molar-refractivity contribution >= 4 is 43.1 Å². The molecule has 0 aliphatic heterocycles. The highest BCUT2D eigenvalue weighted by atomic mass is 14.2. The van der Waals surface area contributed by atoms with Gasteiger partial charge in [-0.15, -0.1) is 0 Å². The van der Waals surface area contributed by atoms with Crippen LogP contribution in [0.3, 0.4) is 0 Å². The second-order valence-corrected chi connectivity index (χ2v) is 10.9. The van der Waals surface area contributed by atoms with Crippen LogP contribution in [0, 0.1) is 0 Å². The van der Waals surface area contributed by atoms with E-state index in [1.807, 2.05) is 0 Å². The molecule has 0 N–H and O–H groups in total. The van der Waals surface area contributed by atoms with Crippen LogP contribution >= 0.6 is 0 Å². The first-order valence-corrected chi connectivity index (χ1v) is 13.9. The third kappa shape index (κ3) is 3.02. The monoisotopic (exact) mass is 504 g/mol. The molecule has 0 amide bonds. The van der Waals surface area contributed by atoms with Crippen LogP contribution in [0.4, 0.5) is 0 Å². The Bertz CT molecular complexity index is 2290. The van der Waals surface area contributed by atoms with E-state index in [4.69, 9.17) is 0 Å². The van der Waals surface area contributed by atoms with Crippen LogP contribution in [0.5, 0.6) is 0 Å². The van der Waals surface area contributed by atoms with Crippen molar-refractivity contribution in [3.05, 3.63) is 146 Å². The molecule has 1 aliphatic rings. The van der Waals surface area contributed by atoms with Gasteiger partial charge in [-0.05, 0) is 106 Å². The molecule has 0 spiro atoms. The van der Waals surface area contributed by atoms with Crippen LogP contribution in [-0.2, 0) is 0 Å². The molecule has 0 radical (unpaired) electrons. The predicted octanol–water partition coefficient (Wildman–Crippen LogP) is 11.3. The van der Waals surface area contributed by atoms with Gasteiger partial charge in [0.2, 0.25) is 0 Å². The van der Waals surface area contributed by atoms with Crippen molar-refractivity contribution in [2.75, 3.05) is 0 Å². The molecule has 1 aliphatic carbocycles. The van der Waals surface area contributed by atoms with Crippen LogP contribution < -0.4 is 0 Å². The molecule has 8 aromatic carbocycles. The van der Waals surface area contributed by atoms with Crippen molar-refractivity contribution < 1.29 is 0 Å².